The third-order valence-corrected chi connectivity index (χ3v) is 8.75. The largest absolute Gasteiger partial charge is 0.447 e. The maximum Gasteiger partial charge on any atom is 0.339 e. The number of hydrogen-bond acceptors (Lipinski definition) is 8. The van der Waals surface area contributed by atoms with E-state index in [-0.39, 0.29) is 36.1 Å². The number of benzene rings is 3. The molecule has 0 aliphatic carbocycles. The summed E-state index contributed by atoms with van der Waals surface area (Å²) in [5.74, 6) is -2.72. The fourth-order valence-corrected chi connectivity index (χ4v) is 6.30. The molecule has 0 bridgehead atoms. The van der Waals surface area contributed by atoms with E-state index in [4.69, 9.17) is 14.2 Å². The molecule has 2 heterocycles. The fourth-order valence-electron chi connectivity index (χ4n) is 4.94. The molecule has 1 unspecified atom stereocenters. The van der Waals surface area contributed by atoms with Crippen molar-refractivity contribution in [1.29, 1.82) is 0 Å². The van der Waals surface area contributed by atoms with Gasteiger partial charge in [0.05, 0.1) is 36.3 Å². The number of hydrogen-bond donors (Lipinski definition) is 0. The molecule has 0 spiro atoms. The smallest absolute Gasteiger partial charge is 0.339 e. The Morgan fingerprint density at radius 2 is 1.89 bits per heavy atom. The normalized spacial score (nSPS) is 18.8. The third kappa shape index (κ3) is 8.00. The van der Waals surface area contributed by atoms with Crippen LogP contribution < -0.4 is 0 Å². The first-order chi connectivity index (χ1) is 22.3. The number of allylic oxidation sites excluding steroid dienone is 2. The Morgan fingerprint density at radius 3 is 2.57 bits per heavy atom. The lowest BCUT2D eigenvalue weighted by molar-refractivity contribution is -0.146. The van der Waals surface area contributed by atoms with E-state index < -0.39 is 40.6 Å². The van der Waals surface area contributed by atoms with Crippen LogP contribution in [0.4, 0.5) is 18.9 Å². The first-order valence-electron chi connectivity index (χ1n) is 14.3. The quantitative estimate of drug-likeness (QED) is 0.0937. The minimum atomic E-state index is -1.64. The van der Waals surface area contributed by atoms with Gasteiger partial charge in [-0.1, -0.05) is 36.4 Å². The van der Waals surface area contributed by atoms with E-state index in [2.05, 4.69) is 21.8 Å². The van der Waals surface area contributed by atoms with Crippen LogP contribution in [-0.2, 0) is 26.4 Å². The van der Waals surface area contributed by atoms with Crippen molar-refractivity contribution >= 4 is 36.2 Å². The number of aliphatic imine (C=N–C) groups is 1. The number of rotatable bonds is 12. The summed E-state index contributed by atoms with van der Waals surface area (Å²) in [6.07, 6.45) is 8.80. The lowest BCUT2D eigenvalue weighted by Gasteiger charge is -2.40. The van der Waals surface area contributed by atoms with Gasteiger partial charge in [0.2, 0.25) is 0 Å². The summed E-state index contributed by atoms with van der Waals surface area (Å²) in [7, 11) is 0. The first-order valence-corrected chi connectivity index (χ1v) is 15.3. The van der Waals surface area contributed by atoms with Crippen LogP contribution in [0.15, 0.2) is 103 Å². The summed E-state index contributed by atoms with van der Waals surface area (Å²) < 4.78 is 63.2. The Balaban J connectivity index is 1.32. The number of thioether (sulfide) groups is 1. The number of halogens is 3. The summed E-state index contributed by atoms with van der Waals surface area (Å²) in [6.45, 7) is 5.65. The lowest BCUT2D eigenvalue weighted by atomic mass is 9.89. The maximum atomic E-state index is 15.6. The van der Waals surface area contributed by atoms with Gasteiger partial charge in [0.25, 0.3) is 0 Å². The summed E-state index contributed by atoms with van der Waals surface area (Å²) in [5, 5.41) is 3.35. The molecule has 1 aliphatic heterocycles. The highest BCUT2D eigenvalue weighted by atomic mass is 32.2. The Hall–Kier alpha value is -4.52. The number of esters is 1. The predicted molar refractivity (Wildman–Crippen MR) is 170 cm³/mol. The summed E-state index contributed by atoms with van der Waals surface area (Å²) in [6, 6.07) is 16.1. The van der Waals surface area contributed by atoms with Gasteiger partial charge in [-0.2, -0.15) is 5.10 Å². The molecule has 3 aromatic carbocycles. The van der Waals surface area contributed by atoms with Crippen LogP contribution >= 0.6 is 11.8 Å². The van der Waals surface area contributed by atoms with Gasteiger partial charge in [0.15, 0.2) is 11.9 Å². The second-order valence-electron chi connectivity index (χ2n) is 10.4. The van der Waals surface area contributed by atoms with Gasteiger partial charge in [-0.25, -0.2) is 27.6 Å². The van der Waals surface area contributed by atoms with Gasteiger partial charge in [-0.15, -0.1) is 11.8 Å². The van der Waals surface area contributed by atoms with Crippen LogP contribution in [-0.4, -0.2) is 57.5 Å². The minimum Gasteiger partial charge on any atom is -0.447 e. The Kier molecular flexibility index (Phi) is 10.8. The highest BCUT2D eigenvalue weighted by Gasteiger charge is 2.47. The molecule has 5 rings (SSSR count). The van der Waals surface area contributed by atoms with E-state index in [0.717, 1.165) is 12.1 Å². The second kappa shape index (κ2) is 15.2. The highest BCUT2D eigenvalue weighted by molar-refractivity contribution is 8.00. The van der Waals surface area contributed by atoms with Gasteiger partial charge in [0, 0.05) is 28.5 Å². The monoisotopic (exact) mass is 648 g/mol. The molecule has 1 aliphatic rings. The van der Waals surface area contributed by atoms with Crippen LogP contribution in [0.1, 0.15) is 28.4 Å². The van der Waals surface area contributed by atoms with Crippen LogP contribution in [0.2, 0.25) is 0 Å². The third-order valence-electron chi connectivity index (χ3n) is 7.30. The molecule has 238 valence electrons. The van der Waals surface area contributed by atoms with Gasteiger partial charge in [-0.05, 0) is 56.1 Å². The van der Waals surface area contributed by atoms with E-state index in [0.29, 0.717) is 11.3 Å². The number of carbonyl (C=O) groups excluding carboxylic acids is 1. The van der Waals surface area contributed by atoms with E-state index in [1.807, 2.05) is 0 Å². The van der Waals surface area contributed by atoms with Gasteiger partial charge in [-0.3, -0.25) is 4.99 Å². The molecule has 0 saturated carbocycles. The van der Waals surface area contributed by atoms with E-state index in [1.54, 1.807) is 73.7 Å². The lowest BCUT2D eigenvalue weighted by Crippen LogP contribution is -2.47. The standard InChI is InChI=1S/C34H31F3N4O4S/c1-23(46-28-18-43-32(44-19-28)11-7-6-8-24-12-14-27(38-2)17-30(24)36)34(20-41-22-39-21-40-41,29-15-13-26(35)16-31(29)37)45-33(42)25-9-4-3-5-10-25/h3-17,21-23,28,32H,2,18-20H2,1H3/b8-6+,11-7+/t23?,28?,32?,34-/m1/s1. The summed E-state index contributed by atoms with van der Waals surface area (Å²) >= 11 is 1.39. The number of nitrogens with zero attached hydrogens (tertiary/aromatic N) is 4. The molecule has 8 nitrogen and oxygen atoms in total. The Bertz CT molecular complexity index is 1700. The zero-order chi connectivity index (χ0) is 32.5. The van der Waals surface area contributed by atoms with Crippen molar-refractivity contribution in [2.45, 2.75) is 35.9 Å². The van der Waals surface area contributed by atoms with Crippen molar-refractivity contribution in [3.63, 3.8) is 0 Å². The molecule has 1 aromatic heterocycles. The van der Waals surface area contributed by atoms with Crippen LogP contribution in [0.25, 0.3) is 6.08 Å². The van der Waals surface area contributed by atoms with Crippen LogP contribution in [0.5, 0.6) is 0 Å². The molecular formula is C34H31F3N4O4S. The SMILES string of the molecule is C=Nc1ccc(/C=C/C=C/C2OCC(SC(C)[C@@](Cn3cncn3)(OC(=O)c3ccccc3)c3ccc(F)cc3F)CO2)c(F)c1. The number of aromatic nitrogens is 3. The molecule has 12 heteroatoms. The molecule has 46 heavy (non-hydrogen) atoms. The minimum absolute atomic E-state index is 0.00856. The molecule has 0 amide bonds. The molecule has 2 atom stereocenters. The first kappa shape index (κ1) is 32.9. The van der Waals surface area contributed by atoms with E-state index in [9.17, 15) is 13.6 Å². The number of ether oxygens (including phenoxy) is 3. The zero-order valence-corrected chi connectivity index (χ0v) is 25.7. The molecule has 4 aromatic rings. The Morgan fingerprint density at radius 1 is 1.11 bits per heavy atom. The van der Waals surface area contributed by atoms with Crippen molar-refractivity contribution in [2.75, 3.05) is 13.2 Å². The van der Waals surface area contributed by atoms with Crippen molar-refractivity contribution in [3.05, 3.63) is 132 Å². The molecule has 0 radical (unpaired) electrons. The van der Waals surface area contributed by atoms with Crippen LogP contribution in [0, 0.1) is 17.5 Å². The van der Waals surface area contributed by atoms with Gasteiger partial charge < -0.3 is 14.2 Å². The molecule has 1 saturated heterocycles. The average Bonchev–Trinajstić information content (AvgIpc) is 3.57. The van der Waals surface area contributed by atoms with Crippen molar-refractivity contribution in [3.8, 4) is 0 Å². The van der Waals surface area contributed by atoms with Gasteiger partial charge >= 0.3 is 5.97 Å². The zero-order valence-electron chi connectivity index (χ0n) is 24.8. The van der Waals surface area contributed by atoms with Gasteiger partial charge in [0.1, 0.15) is 30.1 Å². The topological polar surface area (TPSA) is 87.8 Å². The summed E-state index contributed by atoms with van der Waals surface area (Å²) in [5.41, 5.74) is -0.533. The highest BCUT2D eigenvalue weighted by Crippen LogP contribution is 2.42. The second-order valence-corrected chi connectivity index (χ2v) is 12.1. The molecule has 0 N–H and O–H groups in total. The fraction of sp³-hybridized carbons (Fsp3) is 0.235. The van der Waals surface area contributed by atoms with Crippen molar-refractivity contribution in [1.82, 2.24) is 14.8 Å². The summed E-state index contributed by atoms with van der Waals surface area (Å²) in [4.78, 5) is 21.2. The van der Waals surface area contributed by atoms with E-state index in [1.165, 1.54) is 41.2 Å². The Labute approximate surface area is 268 Å². The molecule has 1 fully saturated rings. The van der Waals surface area contributed by atoms with E-state index >= 15 is 4.39 Å². The maximum absolute atomic E-state index is 15.6. The predicted octanol–water partition coefficient (Wildman–Crippen LogP) is 6.91. The molecular weight excluding hydrogens is 617 g/mol. The average molecular weight is 649 g/mol. The van der Waals surface area contributed by atoms with Crippen molar-refractivity contribution < 1.29 is 32.2 Å². The van der Waals surface area contributed by atoms with Crippen LogP contribution in [0.3, 0.4) is 0 Å². The van der Waals surface area contributed by atoms with Crippen molar-refractivity contribution in [2.24, 2.45) is 4.99 Å². The number of carbonyl (C=O) groups is 1.